The van der Waals surface area contributed by atoms with Crippen LogP contribution >= 0.6 is 0 Å². The highest BCUT2D eigenvalue weighted by molar-refractivity contribution is 5.81. The summed E-state index contributed by atoms with van der Waals surface area (Å²) in [5, 5.41) is 6.50. The first-order valence-electron chi connectivity index (χ1n) is 8.00. The van der Waals surface area contributed by atoms with E-state index < -0.39 is 0 Å². The van der Waals surface area contributed by atoms with Gasteiger partial charge in [0.25, 0.3) is 0 Å². The van der Waals surface area contributed by atoms with Gasteiger partial charge in [0.2, 0.25) is 5.91 Å². The van der Waals surface area contributed by atoms with Crippen LogP contribution in [-0.4, -0.2) is 18.5 Å². The fourth-order valence-corrected chi connectivity index (χ4v) is 4.61. The van der Waals surface area contributed by atoms with Crippen LogP contribution in [0.5, 0.6) is 0 Å². The van der Waals surface area contributed by atoms with Gasteiger partial charge in [0.1, 0.15) is 0 Å². The number of hydrogen-bond acceptors (Lipinski definition) is 2. The van der Waals surface area contributed by atoms with Crippen molar-refractivity contribution >= 4 is 11.6 Å². The maximum atomic E-state index is 12.3. The zero-order valence-electron chi connectivity index (χ0n) is 13.3. The van der Waals surface area contributed by atoms with E-state index in [1.807, 2.05) is 30.3 Å². The predicted octanol–water partition coefficient (Wildman–Crippen LogP) is 3.43. The SMILES string of the molecule is CC12CCC(C1)C(C)(C)C2NC(=O)CNc1ccccc1. The van der Waals surface area contributed by atoms with Crippen LogP contribution in [0.1, 0.15) is 40.0 Å². The highest BCUT2D eigenvalue weighted by Crippen LogP contribution is 2.62. The van der Waals surface area contributed by atoms with Crippen molar-refractivity contribution in [3.63, 3.8) is 0 Å². The maximum absolute atomic E-state index is 12.3. The van der Waals surface area contributed by atoms with Crippen LogP contribution in [0.4, 0.5) is 5.69 Å². The first kappa shape index (κ1) is 14.4. The van der Waals surface area contributed by atoms with E-state index in [0.29, 0.717) is 12.6 Å². The molecule has 3 rings (SSSR count). The van der Waals surface area contributed by atoms with Crippen molar-refractivity contribution in [2.75, 3.05) is 11.9 Å². The number of para-hydroxylation sites is 1. The Morgan fingerprint density at radius 3 is 2.57 bits per heavy atom. The topological polar surface area (TPSA) is 41.1 Å². The highest BCUT2D eigenvalue weighted by Gasteiger charge is 2.59. The third-order valence-electron chi connectivity index (χ3n) is 5.80. The Bertz CT molecular complexity index is 521. The van der Waals surface area contributed by atoms with Gasteiger partial charge in [0.15, 0.2) is 0 Å². The van der Waals surface area contributed by atoms with E-state index in [-0.39, 0.29) is 16.7 Å². The zero-order chi connectivity index (χ0) is 15.1. The number of fused-ring (bicyclic) bond motifs is 2. The molecule has 0 aromatic heterocycles. The number of rotatable bonds is 4. The fraction of sp³-hybridized carbons (Fsp3) is 0.611. The average molecular weight is 286 g/mol. The van der Waals surface area contributed by atoms with Gasteiger partial charge in [-0.25, -0.2) is 0 Å². The molecule has 3 atom stereocenters. The molecule has 3 nitrogen and oxygen atoms in total. The second kappa shape index (κ2) is 5.04. The first-order chi connectivity index (χ1) is 9.92. The third kappa shape index (κ3) is 2.54. The third-order valence-corrected chi connectivity index (χ3v) is 5.80. The second-order valence-corrected chi connectivity index (χ2v) is 7.64. The minimum atomic E-state index is 0.103. The standard InChI is InChI=1S/C18H26N2O/c1-17(2)13-9-10-18(3,11-13)16(17)20-15(21)12-19-14-7-5-4-6-8-14/h4-8,13,16,19H,9-12H2,1-3H3,(H,20,21). The highest BCUT2D eigenvalue weighted by atomic mass is 16.2. The second-order valence-electron chi connectivity index (χ2n) is 7.64. The molecule has 0 heterocycles. The fourth-order valence-electron chi connectivity index (χ4n) is 4.61. The van der Waals surface area contributed by atoms with Gasteiger partial charge in [0, 0.05) is 11.7 Å². The number of nitrogens with one attached hydrogen (secondary N) is 2. The summed E-state index contributed by atoms with van der Waals surface area (Å²) in [5.41, 5.74) is 1.50. The summed E-state index contributed by atoms with van der Waals surface area (Å²) in [6, 6.07) is 10.2. The molecule has 1 aromatic carbocycles. The molecule has 1 amide bonds. The Balaban J connectivity index is 1.60. The lowest BCUT2D eigenvalue weighted by molar-refractivity contribution is -0.122. The summed E-state index contributed by atoms with van der Waals surface area (Å²) in [7, 11) is 0. The molecule has 2 aliphatic carbocycles. The van der Waals surface area contributed by atoms with E-state index in [4.69, 9.17) is 0 Å². The molecule has 2 bridgehead atoms. The van der Waals surface area contributed by atoms with Crippen LogP contribution in [0, 0.1) is 16.7 Å². The molecule has 2 fully saturated rings. The van der Waals surface area contributed by atoms with Crippen molar-refractivity contribution in [2.45, 2.75) is 46.1 Å². The number of carbonyl (C=O) groups excluding carboxylic acids is 1. The van der Waals surface area contributed by atoms with E-state index >= 15 is 0 Å². The molecule has 2 saturated carbocycles. The van der Waals surface area contributed by atoms with Gasteiger partial charge in [-0.2, -0.15) is 0 Å². The predicted molar refractivity (Wildman–Crippen MR) is 86.1 cm³/mol. The smallest absolute Gasteiger partial charge is 0.239 e. The normalized spacial score (nSPS) is 32.9. The van der Waals surface area contributed by atoms with Gasteiger partial charge >= 0.3 is 0 Å². The van der Waals surface area contributed by atoms with Gasteiger partial charge in [-0.1, -0.05) is 39.0 Å². The lowest BCUT2D eigenvalue weighted by atomic mass is 9.68. The summed E-state index contributed by atoms with van der Waals surface area (Å²) in [6.07, 6.45) is 3.83. The number of amides is 1. The van der Waals surface area contributed by atoms with Crippen LogP contribution in [0.2, 0.25) is 0 Å². The molecule has 2 N–H and O–H groups in total. The summed E-state index contributed by atoms with van der Waals surface area (Å²) < 4.78 is 0. The molecule has 21 heavy (non-hydrogen) atoms. The number of benzene rings is 1. The van der Waals surface area contributed by atoms with E-state index in [1.54, 1.807) is 0 Å². The Hall–Kier alpha value is -1.51. The van der Waals surface area contributed by atoms with Crippen molar-refractivity contribution in [3.8, 4) is 0 Å². The molecule has 3 unspecified atom stereocenters. The lowest BCUT2D eigenvalue weighted by Crippen LogP contribution is -2.53. The molecule has 0 spiro atoms. The number of hydrogen-bond donors (Lipinski definition) is 2. The molecule has 0 saturated heterocycles. The van der Waals surface area contributed by atoms with Crippen LogP contribution in [0.3, 0.4) is 0 Å². The molecule has 1 aromatic rings. The van der Waals surface area contributed by atoms with Crippen molar-refractivity contribution < 1.29 is 4.79 Å². The monoisotopic (exact) mass is 286 g/mol. The largest absolute Gasteiger partial charge is 0.376 e. The molecular weight excluding hydrogens is 260 g/mol. The van der Waals surface area contributed by atoms with Crippen LogP contribution in [0.25, 0.3) is 0 Å². The zero-order valence-corrected chi connectivity index (χ0v) is 13.3. The van der Waals surface area contributed by atoms with E-state index in [1.165, 1.54) is 19.3 Å². The Kier molecular flexibility index (Phi) is 3.46. The summed E-state index contributed by atoms with van der Waals surface area (Å²) >= 11 is 0. The van der Waals surface area contributed by atoms with Gasteiger partial charge < -0.3 is 10.6 Å². The molecule has 3 heteroatoms. The summed E-state index contributed by atoms with van der Waals surface area (Å²) in [4.78, 5) is 12.3. The lowest BCUT2D eigenvalue weighted by Gasteiger charge is -2.43. The summed E-state index contributed by atoms with van der Waals surface area (Å²) in [6.45, 7) is 7.32. The average Bonchev–Trinajstić information content (AvgIpc) is 2.94. The van der Waals surface area contributed by atoms with E-state index in [0.717, 1.165) is 11.6 Å². The van der Waals surface area contributed by atoms with E-state index in [2.05, 4.69) is 31.4 Å². The van der Waals surface area contributed by atoms with Gasteiger partial charge in [-0.3, -0.25) is 4.79 Å². The molecule has 0 radical (unpaired) electrons. The van der Waals surface area contributed by atoms with Gasteiger partial charge in [-0.15, -0.1) is 0 Å². The van der Waals surface area contributed by atoms with E-state index in [9.17, 15) is 4.79 Å². The van der Waals surface area contributed by atoms with Crippen molar-refractivity contribution in [1.29, 1.82) is 0 Å². The molecule has 0 aliphatic heterocycles. The van der Waals surface area contributed by atoms with Gasteiger partial charge in [0.05, 0.1) is 6.54 Å². The number of carbonyl (C=O) groups is 1. The minimum Gasteiger partial charge on any atom is -0.376 e. The molecule has 114 valence electrons. The Morgan fingerprint density at radius 2 is 1.95 bits per heavy atom. The van der Waals surface area contributed by atoms with Crippen LogP contribution < -0.4 is 10.6 Å². The van der Waals surface area contributed by atoms with Crippen molar-refractivity contribution in [1.82, 2.24) is 5.32 Å². The van der Waals surface area contributed by atoms with Crippen molar-refractivity contribution in [3.05, 3.63) is 30.3 Å². The summed E-state index contributed by atoms with van der Waals surface area (Å²) in [5.74, 6) is 0.862. The minimum absolute atomic E-state index is 0.103. The maximum Gasteiger partial charge on any atom is 0.239 e. The van der Waals surface area contributed by atoms with Crippen LogP contribution in [-0.2, 0) is 4.79 Å². The molecule has 2 aliphatic rings. The van der Waals surface area contributed by atoms with Crippen LogP contribution in [0.15, 0.2) is 30.3 Å². The first-order valence-corrected chi connectivity index (χ1v) is 8.00. The Labute approximate surface area is 127 Å². The number of anilines is 1. The van der Waals surface area contributed by atoms with Gasteiger partial charge in [-0.05, 0) is 48.1 Å². The Morgan fingerprint density at radius 1 is 1.24 bits per heavy atom. The molecular formula is C18H26N2O. The quantitative estimate of drug-likeness (QED) is 0.890. The van der Waals surface area contributed by atoms with Crippen molar-refractivity contribution in [2.24, 2.45) is 16.7 Å².